The second-order valence-corrected chi connectivity index (χ2v) is 4.85. The van der Waals surface area contributed by atoms with Gasteiger partial charge in [-0.15, -0.1) is 11.3 Å². The van der Waals surface area contributed by atoms with E-state index in [0.717, 1.165) is 4.88 Å². The van der Waals surface area contributed by atoms with E-state index in [1.165, 1.54) is 6.07 Å². The molecule has 2 aromatic rings. The number of halogens is 1. The fraction of sp³-hybridized carbons (Fsp3) is 0.154. The van der Waals surface area contributed by atoms with Crippen LogP contribution in [0.15, 0.2) is 41.8 Å². The summed E-state index contributed by atoms with van der Waals surface area (Å²) in [7, 11) is 0. The summed E-state index contributed by atoms with van der Waals surface area (Å²) in [6, 6.07) is 9.19. The van der Waals surface area contributed by atoms with Crippen molar-refractivity contribution in [1.82, 2.24) is 5.32 Å². The Morgan fingerprint density at radius 1 is 1.33 bits per heavy atom. The Bertz CT molecular complexity index is 528. The molecule has 0 saturated heterocycles. The molecule has 18 heavy (non-hydrogen) atoms. The average Bonchev–Trinajstić information content (AvgIpc) is 2.84. The van der Waals surface area contributed by atoms with E-state index in [9.17, 15) is 9.18 Å². The van der Waals surface area contributed by atoms with Crippen molar-refractivity contribution < 1.29 is 9.18 Å². The van der Waals surface area contributed by atoms with Crippen LogP contribution in [-0.2, 0) is 11.3 Å². The average molecular weight is 264 g/mol. The van der Waals surface area contributed by atoms with Crippen molar-refractivity contribution in [1.29, 1.82) is 0 Å². The van der Waals surface area contributed by atoms with Crippen LogP contribution in [0.1, 0.15) is 16.5 Å². The van der Waals surface area contributed by atoms with Crippen LogP contribution >= 0.6 is 11.3 Å². The molecule has 0 aliphatic heterocycles. The van der Waals surface area contributed by atoms with Crippen LogP contribution in [0.2, 0.25) is 0 Å². The fourth-order valence-electron chi connectivity index (χ4n) is 1.69. The van der Waals surface area contributed by atoms with Crippen LogP contribution < -0.4 is 11.1 Å². The Kier molecular flexibility index (Phi) is 4.07. The second kappa shape index (κ2) is 5.75. The van der Waals surface area contributed by atoms with Gasteiger partial charge in [-0.3, -0.25) is 10.1 Å². The van der Waals surface area contributed by atoms with Crippen molar-refractivity contribution >= 4 is 17.2 Å². The van der Waals surface area contributed by atoms with Crippen molar-refractivity contribution in [2.45, 2.75) is 12.6 Å². The molecule has 0 aliphatic carbocycles. The molecule has 1 aromatic heterocycles. The minimum Gasteiger partial charge on any atom is -0.368 e. The number of nitrogens with one attached hydrogen (secondary N) is 1. The van der Waals surface area contributed by atoms with Gasteiger partial charge in [-0.05, 0) is 17.5 Å². The zero-order valence-electron chi connectivity index (χ0n) is 9.60. The number of benzene rings is 1. The zero-order valence-corrected chi connectivity index (χ0v) is 10.4. The number of thiophene rings is 1. The Morgan fingerprint density at radius 3 is 2.72 bits per heavy atom. The summed E-state index contributed by atoms with van der Waals surface area (Å²) in [5, 5.41) is 4.92. The first kappa shape index (κ1) is 12.7. The number of amides is 1. The maximum Gasteiger partial charge on any atom is 0.239 e. The van der Waals surface area contributed by atoms with Crippen LogP contribution in [0.3, 0.4) is 0 Å². The highest BCUT2D eigenvalue weighted by Gasteiger charge is 2.20. The molecule has 5 heteroatoms. The first-order chi connectivity index (χ1) is 8.68. The lowest BCUT2D eigenvalue weighted by Crippen LogP contribution is -2.33. The molecular formula is C13H13FN2OS. The third-order valence-corrected chi connectivity index (χ3v) is 3.44. The highest BCUT2D eigenvalue weighted by atomic mass is 32.1. The molecule has 1 aromatic carbocycles. The molecule has 0 fully saturated rings. The van der Waals surface area contributed by atoms with Gasteiger partial charge in [0.1, 0.15) is 11.9 Å². The van der Waals surface area contributed by atoms with E-state index in [-0.39, 0.29) is 5.56 Å². The van der Waals surface area contributed by atoms with Gasteiger partial charge < -0.3 is 5.73 Å². The van der Waals surface area contributed by atoms with Crippen molar-refractivity contribution in [3.63, 3.8) is 0 Å². The van der Waals surface area contributed by atoms with E-state index in [4.69, 9.17) is 5.73 Å². The lowest BCUT2D eigenvalue weighted by molar-refractivity contribution is -0.120. The molecule has 1 unspecified atom stereocenters. The van der Waals surface area contributed by atoms with Crippen molar-refractivity contribution in [2.75, 3.05) is 0 Å². The van der Waals surface area contributed by atoms with Gasteiger partial charge in [0.25, 0.3) is 0 Å². The molecule has 0 aliphatic rings. The van der Waals surface area contributed by atoms with Gasteiger partial charge in [-0.2, -0.15) is 0 Å². The topological polar surface area (TPSA) is 55.1 Å². The van der Waals surface area contributed by atoms with Crippen LogP contribution in [0, 0.1) is 5.82 Å². The number of hydrogen-bond donors (Lipinski definition) is 2. The molecule has 1 amide bonds. The molecule has 0 spiro atoms. The Hall–Kier alpha value is -1.72. The fourth-order valence-corrected chi connectivity index (χ4v) is 2.34. The third kappa shape index (κ3) is 2.94. The van der Waals surface area contributed by atoms with Crippen molar-refractivity contribution in [3.05, 3.63) is 58.0 Å². The monoisotopic (exact) mass is 264 g/mol. The van der Waals surface area contributed by atoms with Gasteiger partial charge in [-0.25, -0.2) is 4.39 Å². The zero-order chi connectivity index (χ0) is 13.0. The first-order valence-electron chi connectivity index (χ1n) is 5.48. The summed E-state index contributed by atoms with van der Waals surface area (Å²) in [6.07, 6.45) is 0. The highest BCUT2D eigenvalue weighted by Crippen LogP contribution is 2.18. The van der Waals surface area contributed by atoms with Gasteiger partial charge in [0.2, 0.25) is 5.91 Å². The minimum atomic E-state index is -0.812. The Balaban J connectivity index is 2.14. The van der Waals surface area contributed by atoms with E-state index >= 15 is 0 Å². The normalized spacial score (nSPS) is 12.3. The molecule has 0 saturated carbocycles. The maximum absolute atomic E-state index is 13.6. The lowest BCUT2D eigenvalue weighted by atomic mass is 10.1. The van der Waals surface area contributed by atoms with E-state index in [1.807, 2.05) is 17.5 Å². The molecule has 1 atom stereocenters. The lowest BCUT2D eigenvalue weighted by Gasteiger charge is -2.15. The predicted octanol–water partition coefficient (Wildman–Crippen LogP) is 2.20. The molecule has 1 heterocycles. The van der Waals surface area contributed by atoms with Crippen LogP contribution in [0.5, 0.6) is 0 Å². The summed E-state index contributed by atoms with van der Waals surface area (Å²) in [4.78, 5) is 12.5. The maximum atomic E-state index is 13.6. The second-order valence-electron chi connectivity index (χ2n) is 3.82. The van der Waals surface area contributed by atoms with Gasteiger partial charge in [-0.1, -0.05) is 24.3 Å². The van der Waals surface area contributed by atoms with Gasteiger partial charge in [0, 0.05) is 17.0 Å². The molecule has 3 nitrogen and oxygen atoms in total. The largest absolute Gasteiger partial charge is 0.368 e. The van der Waals surface area contributed by atoms with E-state index < -0.39 is 17.8 Å². The highest BCUT2D eigenvalue weighted by molar-refractivity contribution is 7.09. The summed E-state index contributed by atoms with van der Waals surface area (Å²) < 4.78 is 13.6. The number of nitrogens with two attached hydrogens (primary N) is 1. The van der Waals surface area contributed by atoms with Gasteiger partial charge in [0.15, 0.2) is 0 Å². The van der Waals surface area contributed by atoms with E-state index in [1.54, 1.807) is 29.5 Å². The number of carbonyl (C=O) groups excluding carboxylic acids is 1. The van der Waals surface area contributed by atoms with Crippen LogP contribution in [0.25, 0.3) is 0 Å². The molecule has 0 bridgehead atoms. The standard InChI is InChI=1S/C13H13FN2OS/c14-11-6-2-1-5-10(11)12(13(15)17)16-8-9-4-3-7-18-9/h1-7,12,16H,8H2,(H2,15,17). The molecule has 2 rings (SSSR count). The first-order valence-corrected chi connectivity index (χ1v) is 6.36. The molecular weight excluding hydrogens is 251 g/mol. The smallest absolute Gasteiger partial charge is 0.239 e. The summed E-state index contributed by atoms with van der Waals surface area (Å²) >= 11 is 1.57. The number of hydrogen-bond acceptors (Lipinski definition) is 3. The Labute approximate surface area is 108 Å². The molecule has 0 radical (unpaired) electrons. The number of carbonyl (C=O) groups is 1. The SMILES string of the molecule is NC(=O)C(NCc1cccs1)c1ccccc1F. The van der Waals surface area contributed by atoms with Crippen LogP contribution in [-0.4, -0.2) is 5.91 Å². The third-order valence-electron chi connectivity index (χ3n) is 2.56. The molecule has 3 N–H and O–H groups in total. The molecule has 94 valence electrons. The van der Waals surface area contributed by atoms with Crippen molar-refractivity contribution in [2.24, 2.45) is 5.73 Å². The van der Waals surface area contributed by atoms with Gasteiger partial charge >= 0.3 is 0 Å². The summed E-state index contributed by atoms with van der Waals surface area (Å²) in [5.41, 5.74) is 5.59. The van der Waals surface area contributed by atoms with E-state index in [2.05, 4.69) is 5.32 Å². The van der Waals surface area contributed by atoms with Crippen LogP contribution in [0.4, 0.5) is 4.39 Å². The number of primary amides is 1. The van der Waals surface area contributed by atoms with Crippen molar-refractivity contribution in [3.8, 4) is 0 Å². The minimum absolute atomic E-state index is 0.279. The quantitative estimate of drug-likeness (QED) is 0.870. The van der Waals surface area contributed by atoms with Gasteiger partial charge in [0.05, 0.1) is 0 Å². The predicted molar refractivity (Wildman–Crippen MR) is 69.5 cm³/mol. The summed E-state index contributed by atoms with van der Waals surface area (Å²) in [5.74, 6) is -1.02. The Morgan fingerprint density at radius 2 is 2.11 bits per heavy atom. The summed E-state index contributed by atoms with van der Waals surface area (Å²) in [6.45, 7) is 0.486. The number of rotatable bonds is 5. The van der Waals surface area contributed by atoms with E-state index in [0.29, 0.717) is 6.54 Å².